The van der Waals surface area contributed by atoms with Crippen LogP contribution in [0.2, 0.25) is 0 Å². The van der Waals surface area contributed by atoms with Crippen molar-refractivity contribution in [2.24, 2.45) is 0 Å². The molecule has 2 aromatic carbocycles. The van der Waals surface area contributed by atoms with E-state index < -0.39 is 10.0 Å². The molecular weight excluding hydrogens is 338 g/mol. The summed E-state index contributed by atoms with van der Waals surface area (Å²) < 4.78 is 33.1. The van der Waals surface area contributed by atoms with Crippen molar-refractivity contribution in [1.82, 2.24) is 14.4 Å². The number of para-hydroxylation sites is 1. The van der Waals surface area contributed by atoms with Crippen LogP contribution in [-0.4, -0.2) is 29.4 Å². The molecule has 0 spiro atoms. The number of hydrogen-bond acceptors (Lipinski definition) is 5. The van der Waals surface area contributed by atoms with Gasteiger partial charge in [-0.3, -0.25) is 0 Å². The maximum Gasteiger partial charge on any atom is 0.288 e. The fourth-order valence-corrected chi connectivity index (χ4v) is 3.96. The summed E-state index contributed by atoms with van der Waals surface area (Å²) in [4.78, 5) is 0.0948. The van der Waals surface area contributed by atoms with E-state index in [1.807, 2.05) is 33.8 Å². The largest absolute Gasteiger partial charge is 0.492 e. The molecule has 0 unspecified atom stereocenters. The molecule has 0 bridgehead atoms. The molecule has 0 amide bonds. The topological polar surface area (TPSA) is 74.1 Å². The smallest absolute Gasteiger partial charge is 0.288 e. The Balaban J connectivity index is 2.25. The Morgan fingerprint density at radius 3 is 2.52 bits per heavy atom. The molecule has 7 heteroatoms. The van der Waals surface area contributed by atoms with Crippen molar-refractivity contribution in [3.8, 4) is 5.75 Å². The highest BCUT2D eigenvalue weighted by atomic mass is 32.2. The minimum atomic E-state index is -3.94. The van der Waals surface area contributed by atoms with Crippen molar-refractivity contribution in [2.45, 2.75) is 38.0 Å². The molecule has 0 saturated heterocycles. The van der Waals surface area contributed by atoms with Crippen LogP contribution in [-0.2, 0) is 15.4 Å². The van der Waals surface area contributed by atoms with Crippen LogP contribution in [0.4, 0.5) is 0 Å². The molecule has 3 rings (SSSR count). The van der Waals surface area contributed by atoms with Gasteiger partial charge in [0.05, 0.1) is 6.61 Å². The highest BCUT2D eigenvalue weighted by Crippen LogP contribution is 2.32. The second-order valence-corrected chi connectivity index (χ2v) is 8.51. The predicted octanol–water partition coefficient (Wildman–Crippen LogP) is 3.36. The molecule has 1 aromatic heterocycles. The van der Waals surface area contributed by atoms with Gasteiger partial charge in [0.1, 0.15) is 21.7 Å². The molecule has 25 heavy (non-hydrogen) atoms. The lowest BCUT2D eigenvalue weighted by molar-refractivity contribution is 0.330. The second-order valence-electron chi connectivity index (χ2n) is 6.77. The van der Waals surface area contributed by atoms with Gasteiger partial charge in [-0.15, -0.1) is 9.19 Å². The molecule has 6 nitrogen and oxygen atoms in total. The zero-order chi connectivity index (χ0) is 18.2. The van der Waals surface area contributed by atoms with Crippen LogP contribution in [0.25, 0.3) is 11.0 Å². The maximum absolute atomic E-state index is 13.3. The van der Waals surface area contributed by atoms with Crippen LogP contribution in [0.5, 0.6) is 5.75 Å². The summed E-state index contributed by atoms with van der Waals surface area (Å²) in [5.41, 5.74) is 1.67. The minimum absolute atomic E-state index is 0.0948. The number of hydrogen-bond donors (Lipinski definition) is 0. The first-order valence-corrected chi connectivity index (χ1v) is 9.52. The Hall–Kier alpha value is -2.41. The molecule has 0 aliphatic carbocycles. The van der Waals surface area contributed by atoms with Crippen LogP contribution in [0.3, 0.4) is 0 Å². The number of fused-ring (bicyclic) bond motifs is 1. The van der Waals surface area contributed by atoms with Crippen molar-refractivity contribution in [2.75, 3.05) is 6.61 Å². The van der Waals surface area contributed by atoms with E-state index in [1.165, 1.54) is 0 Å². The lowest BCUT2D eigenvalue weighted by atomic mass is 9.87. The van der Waals surface area contributed by atoms with E-state index in [-0.39, 0.29) is 10.3 Å². The van der Waals surface area contributed by atoms with Gasteiger partial charge in [-0.2, -0.15) is 8.42 Å². The van der Waals surface area contributed by atoms with Gasteiger partial charge in [-0.05, 0) is 42.2 Å². The predicted molar refractivity (Wildman–Crippen MR) is 96.4 cm³/mol. The average Bonchev–Trinajstić information content (AvgIpc) is 2.99. The van der Waals surface area contributed by atoms with Gasteiger partial charge >= 0.3 is 0 Å². The second kappa shape index (κ2) is 6.15. The molecule has 0 atom stereocenters. The van der Waals surface area contributed by atoms with E-state index in [1.54, 1.807) is 36.4 Å². The van der Waals surface area contributed by atoms with Gasteiger partial charge in [-0.1, -0.05) is 44.2 Å². The van der Waals surface area contributed by atoms with E-state index in [2.05, 4.69) is 10.3 Å². The zero-order valence-electron chi connectivity index (χ0n) is 14.7. The van der Waals surface area contributed by atoms with Gasteiger partial charge in [0, 0.05) is 0 Å². The lowest BCUT2D eigenvalue weighted by Gasteiger charge is -2.21. The standard InChI is InChI=1S/C18H21N3O3S/c1-5-24-16-11-10-13(18(2,3)4)12-17(16)25(22,23)21-15-9-7-6-8-14(15)19-20-21/h6-12H,5H2,1-4H3. The van der Waals surface area contributed by atoms with E-state index in [9.17, 15) is 8.42 Å². The fraction of sp³-hybridized carbons (Fsp3) is 0.333. The maximum atomic E-state index is 13.3. The minimum Gasteiger partial charge on any atom is -0.492 e. The SMILES string of the molecule is CCOc1ccc(C(C)(C)C)cc1S(=O)(=O)n1nnc2ccccc21. The Morgan fingerprint density at radius 1 is 1.12 bits per heavy atom. The summed E-state index contributed by atoms with van der Waals surface area (Å²) in [5, 5.41) is 7.81. The third kappa shape index (κ3) is 3.11. The van der Waals surface area contributed by atoms with Crippen LogP contribution < -0.4 is 4.74 Å². The Labute approximate surface area is 147 Å². The van der Waals surface area contributed by atoms with E-state index in [0.29, 0.717) is 23.4 Å². The number of ether oxygens (including phenoxy) is 1. The highest BCUT2D eigenvalue weighted by molar-refractivity contribution is 7.90. The van der Waals surface area contributed by atoms with Gasteiger partial charge in [-0.25, -0.2) is 0 Å². The number of aromatic nitrogens is 3. The third-order valence-corrected chi connectivity index (χ3v) is 5.54. The van der Waals surface area contributed by atoms with Crippen LogP contribution >= 0.6 is 0 Å². The van der Waals surface area contributed by atoms with Gasteiger partial charge < -0.3 is 4.74 Å². The van der Waals surface area contributed by atoms with E-state index in [0.717, 1.165) is 9.65 Å². The highest BCUT2D eigenvalue weighted by Gasteiger charge is 2.27. The lowest BCUT2D eigenvalue weighted by Crippen LogP contribution is -2.18. The summed E-state index contributed by atoms with van der Waals surface area (Å²) in [6, 6.07) is 12.2. The molecule has 0 aliphatic heterocycles. The molecule has 0 N–H and O–H groups in total. The Bertz CT molecular complexity index is 1020. The molecule has 0 radical (unpaired) electrons. The van der Waals surface area contributed by atoms with Crippen LogP contribution in [0.15, 0.2) is 47.4 Å². The van der Waals surface area contributed by atoms with Crippen molar-refractivity contribution in [1.29, 1.82) is 0 Å². The van der Waals surface area contributed by atoms with Crippen LogP contribution in [0, 0.1) is 0 Å². The Kier molecular flexibility index (Phi) is 4.28. The molecule has 0 fully saturated rings. The Morgan fingerprint density at radius 2 is 1.84 bits per heavy atom. The first-order valence-electron chi connectivity index (χ1n) is 8.08. The summed E-state index contributed by atoms with van der Waals surface area (Å²) in [6.45, 7) is 8.28. The fourth-order valence-electron chi connectivity index (χ4n) is 2.57. The summed E-state index contributed by atoms with van der Waals surface area (Å²) >= 11 is 0. The first-order chi connectivity index (χ1) is 11.7. The summed E-state index contributed by atoms with van der Waals surface area (Å²) in [5.74, 6) is 0.315. The molecule has 0 saturated carbocycles. The van der Waals surface area contributed by atoms with Crippen molar-refractivity contribution in [3.63, 3.8) is 0 Å². The zero-order valence-corrected chi connectivity index (χ0v) is 15.5. The average molecular weight is 359 g/mol. The van der Waals surface area contributed by atoms with Crippen molar-refractivity contribution in [3.05, 3.63) is 48.0 Å². The molecule has 1 heterocycles. The van der Waals surface area contributed by atoms with Crippen molar-refractivity contribution >= 4 is 21.1 Å². The van der Waals surface area contributed by atoms with Gasteiger partial charge in [0.15, 0.2) is 0 Å². The molecular formula is C18H21N3O3S. The quantitative estimate of drug-likeness (QED) is 0.714. The number of rotatable bonds is 4. The third-order valence-electron chi connectivity index (χ3n) is 3.94. The summed E-state index contributed by atoms with van der Waals surface area (Å²) in [6.07, 6.45) is 0. The molecule has 132 valence electrons. The van der Waals surface area contributed by atoms with Crippen LogP contribution in [0.1, 0.15) is 33.3 Å². The van der Waals surface area contributed by atoms with Gasteiger partial charge in [0.25, 0.3) is 10.0 Å². The molecule has 0 aliphatic rings. The van der Waals surface area contributed by atoms with E-state index >= 15 is 0 Å². The molecule has 3 aromatic rings. The number of nitrogens with zero attached hydrogens (tertiary/aromatic N) is 3. The first kappa shape index (κ1) is 17.4. The van der Waals surface area contributed by atoms with E-state index in [4.69, 9.17) is 4.74 Å². The monoisotopic (exact) mass is 359 g/mol. The number of benzene rings is 2. The van der Waals surface area contributed by atoms with Crippen molar-refractivity contribution < 1.29 is 13.2 Å². The normalized spacial score (nSPS) is 12.5. The summed E-state index contributed by atoms with van der Waals surface area (Å²) in [7, 11) is -3.94. The van der Waals surface area contributed by atoms with Gasteiger partial charge in [0.2, 0.25) is 0 Å².